The lowest BCUT2D eigenvalue weighted by Gasteiger charge is -2.07. The predicted molar refractivity (Wildman–Crippen MR) is 116 cm³/mol. The summed E-state index contributed by atoms with van der Waals surface area (Å²) in [6.07, 6.45) is 6.91. The zero-order valence-corrected chi connectivity index (χ0v) is 17.6. The topological polar surface area (TPSA) is 72.5 Å². The Labute approximate surface area is 170 Å². The van der Waals surface area contributed by atoms with Gasteiger partial charge in [-0.1, -0.05) is 6.07 Å². The number of hydrogen-bond acceptors (Lipinski definition) is 4. The van der Waals surface area contributed by atoms with Crippen molar-refractivity contribution in [1.82, 2.24) is 4.98 Å². The molecule has 1 aliphatic carbocycles. The second-order valence-corrected chi connectivity index (χ2v) is 7.08. The number of aryl methyl sites for hydroxylation is 3. The van der Waals surface area contributed by atoms with Crippen molar-refractivity contribution in [1.29, 1.82) is 0 Å². The lowest BCUT2D eigenvalue weighted by atomic mass is 10.0. The molecule has 5 nitrogen and oxygen atoms in total. The molecule has 25 heavy (non-hydrogen) atoms. The number of nitrogens with zero attached hydrogens (tertiary/aromatic N) is 2. The Morgan fingerprint density at radius 2 is 2.20 bits per heavy atom. The van der Waals surface area contributed by atoms with Gasteiger partial charge in [0.2, 0.25) is 0 Å². The van der Waals surface area contributed by atoms with Crippen LogP contribution >= 0.6 is 35.3 Å². The number of benzene rings is 1. The van der Waals surface area contributed by atoms with Crippen molar-refractivity contribution in [2.24, 2.45) is 10.7 Å². The second-order valence-electron chi connectivity index (χ2n) is 5.91. The number of halogens is 1. The number of nitrogens with one attached hydrogen (secondary N) is 1. The Morgan fingerprint density at radius 1 is 1.36 bits per heavy atom. The van der Waals surface area contributed by atoms with Crippen molar-refractivity contribution in [3.05, 3.63) is 39.8 Å². The molecule has 1 aliphatic rings. The van der Waals surface area contributed by atoms with E-state index in [1.54, 1.807) is 7.11 Å². The number of ether oxygens (including phenoxy) is 1. The summed E-state index contributed by atoms with van der Waals surface area (Å²) in [5.74, 6) is 1.22. The van der Waals surface area contributed by atoms with Gasteiger partial charge in [-0.15, -0.1) is 35.3 Å². The van der Waals surface area contributed by atoms with Gasteiger partial charge >= 0.3 is 0 Å². The molecule has 1 heterocycles. The zero-order valence-electron chi connectivity index (χ0n) is 14.5. The Balaban J connectivity index is 0.00000225. The number of hydrogen-bond donors (Lipinski definition) is 2. The molecule has 3 N–H and O–H groups in total. The molecule has 0 saturated heterocycles. The van der Waals surface area contributed by atoms with Gasteiger partial charge in [0.05, 0.1) is 17.8 Å². The summed E-state index contributed by atoms with van der Waals surface area (Å²) in [6.45, 7) is 0.701. The van der Waals surface area contributed by atoms with E-state index in [0.717, 1.165) is 30.7 Å². The van der Waals surface area contributed by atoms with E-state index in [2.05, 4.69) is 10.3 Å². The van der Waals surface area contributed by atoms with Crippen LogP contribution in [0.25, 0.3) is 0 Å². The standard InChI is InChI=1S/C18H24N4OS.HI/c1-23-14-7-4-6-13(12-14)21-18(19)20-11-5-10-17-22-15-8-2-3-9-16(15)24-17;/h4,6-7,12H,2-3,5,8-11H2,1H3,(H3,19,20,21);1H. The van der Waals surface area contributed by atoms with E-state index < -0.39 is 0 Å². The summed E-state index contributed by atoms with van der Waals surface area (Å²) < 4.78 is 5.19. The van der Waals surface area contributed by atoms with Gasteiger partial charge in [0.1, 0.15) is 5.75 Å². The number of nitrogens with two attached hydrogens (primary N) is 1. The van der Waals surface area contributed by atoms with Crippen LogP contribution in [0.2, 0.25) is 0 Å². The van der Waals surface area contributed by atoms with Crippen molar-refractivity contribution in [2.45, 2.75) is 38.5 Å². The molecular weight excluding hydrogens is 447 g/mol. The molecular formula is C18H25IN4OS. The summed E-state index contributed by atoms with van der Waals surface area (Å²) in [5, 5.41) is 4.34. The van der Waals surface area contributed by atoms with Crippen LogP contribution in [0.4, 0.5) is 5.69 Å². The smallest absolute Gasteiger partial charge is 0.193 e. The van der Waals surface area contributed by atoms with Crippen LogP contribution in [0.15, 0.2) is 29.3 Å². The summed E-state index contributed by atoms with van der Waals surface area (Å²) in [5.41, 5.74) is 8.16. The molecule has 0 radical (unpaired) electrons. The molecule has 3 rings (SSSR count). The Bertz CT molecular complexity index is 693. The SMILES string of the molecule is COc1cccc(NC(N)=NCCCc2nc3c(s2)CCCC3)c1.I. The molecule has 0 fully saturated rings. The summed E-state index contributed by atoms with van der Waals surface area (Å²) in [6, 6.07) is 7.64. The van der Waals surface area contributed by atoms with E-state index >= 15 is 0 Å². The first kappa shape index (κ1) is 20.0. The molecule has 0 atom stereocenters. The van der Waals surface area contributed by atoms with Gasteiger partial charge in [0.15, 0.2) is 5.96 Å². The molecule has 136 valence electrons. The van der Waals surface area contributed by atoms with Crippen molar-refractivity contribution in [2.75, 3.05) is 19.0 Å². The van der Waals surface area contributed by atoms with Crippen molar-refractivity contribution in [3.8, 4) is 5.75 Å². The number of guanidine groups is 1. The van der Waals surface area contributed by atoms with E-state index in [1.165, 1.54) is 34.8 Å². The Kier molecular flexibility index (Phi) is 7.95. The molecule has 0 amide bonds. The fourth-order valence-electron chi connectivity index (χ4n) is 2.83. The highest BCUT2D eigenvalue weighted by atomic mass is 127. The maximum absolute atomic E-state index is 5.94. The van der Waals surface area contributed by atoms with Crippen LogP contribution in [0, 0.1) is 0 Å². The van der Waals surface area contributed by atoms with Gasteiger partial charge in [0, 0.05) is 29.6 Å². The monoisotopic (exact) mass is 472 g/mol. The Hall–Kier alpha value is -1.35. The van der Waals surface area contributed by atoms with Gasteiger partial charge in [-0.05, 0) is 44.2 Å². The fraction of sp³-hybridized carbons (Fsp3) is 0.444. The molecule has 7 heteroatoms. The number of thiazole rings is 1. The van der Waals surface area contributed by atoms with E-state index in [9.17, 15) is 0 Å². The number of anilines is 1. The maximum atomic E-state index is 5.94. The average Bonchev–Trinajstić information content (AvgIpc) is 3.01. The third-order valence-corrected chi connectivity index (χ3v) is 5.28. The number of fused-ring (bicyclic) bond motifs is 1. The van der Waals surface area contributed by atoms with Crippen LogP contribution in [0.1, 0.15) is 34.8 Å². The molecule has 0 saturated carbocycles. The first-order valence-electron chi connectivity index (χ1n) is 8.43. The average molecular weight is 472 g/mol. The zero-order chi connectivity index (χ0) is 16.8. The van der Waals surface area contributed by atoms with Crippen LogP contribution in [0.5, 0.6) is 5.75 Å². The largest absolute Gasteiger partial charge is 0.497 e. The minimum atomic E-state index is 0. The van der Waals surface area contributed by atoms with Crippen molar-refractivity contribution >= 4 is 47.0 Å². The third-order valence-electron chi connectivity index (χ3n) is 4.06. The fourth-order valence-corrected chi connectivity index (χ4v) is 4.03. The van der Waals surface area contributed by atoms with Gasteiger partial charge in [-0.25, -0.2) is 4.98 Å². The van der Waals surface area contributed by atoms with E-state index in [4.69, 9.17) is 15.5 Å². The van der Waals surface area contributed by atoms with Gasteiger partial charge < -0.3 is 15.8 Å². The highest BCUT2D eigenvalue weighted by Gasteiger charge is 2.14. The van der Waals surface area contributed by atoms with Crippen molar-refractivity contribution < 1.29 is 4.74 Å². The van der Waals surface area contributed by atoms with Gasteiger partial charge in [0.25, 0.3) is 0 Å². The molecule has 0 bridgehead atoms. The highest BCUT2D eigenvalue weighted by Crippen LogP contribution is 2.27. The normalized spacial score (nSPS) is 13.7. The van der Waals surface area contributed by atoms with Crippen LogP contribution < -0.4 is 15.8 Å². The maximum Gasteiger partial charge on any atom is 0.193 e. The molecule has 0 spiro atoms. The molecule has 2 aromatic rings. The molecule has 1 aromatic carbocycles. The summed E-state index contributed by atoms with van der Waals surface area (Å²) in [7, 11) is 1.65. The highest BCUT2D eigenvalue weighted by molar-refractivity contribution is 14.0. The molecule has 0 aliphatic heterocycles. The van der Waals surface area contributed by atoms with Gasteiger partial charge in [-0.3, -0.25) is 4.99 Å². The van der Waals surface area contributed by atoms with Gasteiger partial charge in [-0.2, -0.15) is 0 Å². The number of rotatable bonds is 6. The predicted octanol–water partition coefficient (Wildman–Crippen LogP) is 4.01. The minimum Gasteiger partial charge on any atom is -0.497 e. The Morgan fingerprint density at radius 3 is 3.00 bits per heavy atom. The minimum absolute atomic E-state index is 0. The lowest BCUT2D eigenvalue weighted by molar-refractivity contribution is 0.415. The number of aliphatic imine (C=N–C) groups is 1. The summed E-state index contributed by atoms with van der Waals surface area (Å²) in [4.78, 5) is 10.7. The second kappa shape index (κ2) is 9.96. The molecule has 0 unspecified atom stereocenters. The summed E-state index contributed by atoms with van der Waals surface area (Å²) >= 11 is 1.88. The molecule has 1 aromatic heterocycles. The van der Waals surface area contributed by atoms with E-state index in [1.807, 2.05) is 35.6 Å². The third kappa shape index (κ3) is 5.85. The number of aromatic nitrogens is 1. The quantitative estimate of drug-likeness (QED) is 0.289. The van der Waals surface area contributed by atoms with Crippen LogP contribution in [0.3, 0.4) is 0 Å². The first-order chi connectivity index (χ1) is 11.7. The van der Waals surface area contributed by atoms with Crippen molar-refractivity contribution in [3.63, 3.8) is 0 Å². The van der Waals surface area contributed by atoms with E-state index in [0.29, 0.717) is 12.5 Å². The van der Waals surface area contributed by atoms with Crippen LogP contribution in [-0.4, -0.2) is 24.6 Å². The lowest BCUT2D eigenvalue weighted by Crippen LogP contribution is -2.22. The first-order valence-corrected chi connectivity index (χ1v) is 9.24. The van der Waals surface area contributed by atoms with E-state index in [-0.39, 0.29) is 24.0 Å². The number of methoxy groups -OCH3 is 1. The van der Waals surface area contributed by atoms with Crippen LogP contribution in [-0.2, 0) is 19.3 Å².